The van der Waals surface area contributed by atoms with Crippen LogP contribution in [0, 0.1) is 11.8 Å². The molecule has 0 amide bonds. The van der Waals surface area contributed by atoms with E-state index < -0.39 is 0 Å². The van der Waals surface area contributed by atoms with E-state index in [0.29, 0.717) is 0 Å². The van der Waals surface area contributed by atoms with Crippen LogP contribution in [0.15, 0.2) is 0 Å². The van der Waals surface area contributed by atoms with Gasteiger partial charge in [0.15, 0.2) is 0 Å². The number of nitrogens with one attached hydrogen (secondary N) is 1. The van der Waals surface area contributed by atoms with Crippen LogP contribution in [-0.2, 0) is 0 Å². The lowest BCUT2D eigenvalue weighted by Gasteiger charge is -2.05. The van der Waals surface area contributed by atoms with Gasteiger partial charge in [-0.15, -0.1) is 0 Å². The Morgan fingerprint density at radius 3 is 2.46 bits per heavy atom. The Kier molecular flexibility index (Phi) is 5.45. The number of rotatable bonds is 8. The third-order valence-corrected chi connectivity index (χ3v) is 2.80. The van der Waals surface area contributed by atoms with Gasteiger partial charge < -0.3 is 5.32 Å². The Morgan fingerprint density at radius 1 is 1.15 bits per heavy atom. The van der Waals surface area contributed by atoms with Gasteiger partial charge in [-0.3, -0.25) is 0 Å². The maximum absolute atomic E-state index is 3.52. The molecule has 1 rings (SSSR count). The molecule has 0 heterocycles. The second kappa shape index (κ2) is 6.42. The van der Waals surface area contributed by atoms with Crippen molar-refractivity contribution in [3.8, 4) is 0 Å². The molecule has 0 atom stereocenters. The molecule has 0 aromatic rings. The van der Waals surface area contributed by atoms with Gasteiger partial charge in [0.05, 0.1) is 0 Å². The lowest BCUT2D eigenvalue weighted by molar-refractivity contribution is 0.516. The smallest absolute Gasteiger partial charge is 0.00488 e. The predicted molar refractivity (Wildman–Crippen MR) is 58.9 cm³/mol. The quantitative estimate of drug-likeness (QED) is 0.570. The molecule has 1 nitrogen and oxygen atoms in total. The van der Waals surface area contributed by atoms with Crippen LogP contribution in [0.5, 0.6) is 0 Å². The van der Waals surface area contributed by atoms with Crippen LogP contribution in [0.1, 0.15) is 52.4 Å². The molecule has 13 heavy (non-hydrogen) atoms. The van der Waals surface area contributed by atoms with E-state index in [-0.39, 0.29) is 0 Å². The molecule has 1 N–H and O–H groups in total. The van der Waals surface area contributed by atoms with E-state index in [1.54, 1.807) is 0 Å². The molecule has 0 saturated heterocycles. The zero-order valence-corrected chi connectivity index (χ0v) is 9.31. The van der Waals surface area contributed by atoms with E-state index in [1.165, 1.54) is 51.6 Å². The average molecular weight is 183 g/mol. The van der Waals surface area contributed by atoms with Crippen LogP contribution in [0.2, 0.25) is 0 Å². The average Bonchev–Trinajstić information content (AvgIpc) is 2.86. The summed E-state index contributed by atoms with van der Waals surface area (Å²) in [6.07, 6.45) is 8.60. The highest BCUT2D eigenvalue weighted by Gasteiger charge is 2.19. The van der Waals surface area contributed by atoms with Gasteiger partial charge in [0.25, 0.3) is 0 Å². The minimum atomic E-state index is 0.869. The summed E-state index contributed by atoms with van der Waals surface area (Å²) in [7, 11) is 0. The van der Waals surface area contributed by atoms with Crippen molar-refractivity contribution >= 4 is 0 Å². The van der Waals surface area contributed by atoms with Gasteiger partial charge in [-0.05, 0) is 50.6 Å². The van der Waals surface area contributed by atoms with Crippen LogP contribution >= 0.6 is 0 Å². The summed E-state index contributed by atoms with van der Waals surface area (Å²) in [5, 5.41) is 3.52. The van der Waals surface area contributed by atoms with Crippen molar-refractivity contribution in [2.24, 2.45) is 11.8 Å². The summed E-state index contributed by atoms with van der Waals surface area (Å²) in [5.41, 5.74) is 0. The van der Waals surface area contributed by atoms with Crippen molar-refractivity contribution in [3.05, 3.63) is 0 Å². The highest BCUT2D eigenvalue weighted by atomic mass is 14.8. The van der Waals surface area contributed by atoms with E-state index in [9.17, 15) is 0 Å². The molecule has 0 spiro atoms. The SMILES string of the molecule is CC(C)CCCNCCCC1CC1. The molecule has 0 aliphatic heterocycles. The minimum absolute atomic E-state index is 0.869. The third kappa shape index (κ3) is 7.06. The van der Waals surface area contributed by atoms with Crippen LogP contribution < -0.4 is 5.32 Å². The third-order valence-electron chi connectivity index (χ3n) is 2.80. The molecule has 78 valence electrons. The molecule has 1 saturated carbocycles. The van der Waals surface area contributed by atoms with Crippen molar-refractivity contribution in [3.63, 3.8) is 0 Å². The normalized spacial score (nSPS) is 16.8. The van der Waals surface area contributed by atoms with Crippen molar-refractivity contribution < 1.29 is 0 Å². The van der Waals surface area contributed by atoms with Gasteiger partial charge in [-0.1, -0.05) is 26.7 Å². The zero-order chi connectivity index (χ0) is 9.52. The molecule has 0 unspecified atom stereocenters. The number of hydrogen-bond donors (Lipinski definition) is 1. The molecule has 0 bridgehead atoms. The monoisotopic (exact) mass is 183 g/mol. The molecule has 1 heteroatoms. The molecule has 1 fully saturated rings. The molecule has 0 radical (unpaired) electrons. The zero-order valence-electron chi connectivity index (χ0n) is 9.31. The first-order valence-corrected chi connectivity index (χ1v) is 5.99. The summed E-state index contributed by atoms with van der Waals surface area (Å²) in [6.45, 7) is 7.07. The minimum Gasteiger partial charge on any atom is -0.317 e. The van der Waals surface area contributed by atoms with Gasteiger partial charge in [0, 0.05) is 0 Å². The Labute approximate surface area is 83.3 Å². The lowest BCUT2D eigenvalue weighted by Crippen LogP contribution is -2.17. The topological polar surface area (TPSA) is 12.0 Å². The maximum Gasteiger partial charge on any atom is -0.00488 e. The highest BCUT2D eigenvalue weighted by Crippen LogP contribution is 2.33. The maximum atomic E-state index is 3.52. The van der Waals surface area contributed by atoms with Crippen LogP contribution in [0.25, 0.3) is 0 Å². The van der Waals surface area contributed by atoms with E-state index in [1.807, 2.05) is 0 Å². The van der Waals surface area contributed by atoms with Crippen LogP contribution in [0.4, 0.5) is 0 Å². The standard InChI is InChI=1S/C12H25N/c1-11(2)5-3-9-13-10-4-6-12-7-8-12/h11-13H,3-10H2,1-2H3. The summed E-state index contributed by atoms with van der Waals surface area (Å²) in [6, 6.07) is 0. The van der Waals surface area contributed by atoms with E-state index >= 15 is 0 Å². The van der Waals surface area contributed by atoms with Crippen LogP contribution in [0.3, 0.4) is 0 Å². The molecule has 1 aliphatic rings. The van der Waals surface area contributed by atoms with Crippen molar-refractivity contribution in [1.82, 2.24) is 5.32 Å². The van der Waals surface area contributed by atoms with Crippen molar-refractivity contribution in [1.29, 1.82) is 0 Å². The Morgan fingerprint density at radius 2 is 1.85 bits per heavy atom. The Bertz CT molecular complexity index is 110. The summed E-state index contributed by atoms with van der Waals surface area (Å²) < 4.78 is 0. The first-order valence-electron chi connectivity index (χ1n) is 5.99. The fourth-order valence-electron chi connectivity index (χ4n) is 1.68. The molecule has 0 aromatic carbocycles. The molecule has 0 aromatic heterocycles. The summed E-state index contributed by atoms with van der Waals surface area (Å²) >= 11 is 0. The highest BCUT2D eigenvalue weighted by molar-refractivity contribution is 4.72. The fraction of sp³-hybridized carbons (Fsp3) is 1.00. The Balaban J connectivity index is 1.68. The summed E-state index contributed by atoms with van der Waals surface area (Å²) in [4.78, 5) is 0. The van der Waals surface area contributed by atoms with E-state index in [4.69, 9.17) is 0 Å². The van der Waals surface area contributed by atoms with Gasteiger partial charge >= 0.3 is 0 Å². The second-order valence-electron chi connectivity index (χ2n) is 4.87. The number of hydrogen-bond acceptors (Lipinski definition) is 1. The predicted octanol–water partition coefficient (Wildman–Crippen LogP) is 3.20. The van der Waals surface area contributed by atoms with Gasteiger partial charge in [-0.25, -0.2) is 0 Å². The van der Waals surface area contributed by atoms with E-state index in [0.717, 1.165) is 11.8 Å². The molecular weight excluding hydrogens is 158 g/mol. The lowest BCUT2D eigenvalue weighted by atomic mass is 10.1. The fourth-order valence-corrected chi connectivity index (χ4v) is 1.68. The van der Waals surface area contributed by atoms with Crippen LogP contribution in [-0.4, -0.2) is 13.1 Å². The van der Waals surface area contributed by atoms with E-state index in [2.05, 4.69) is 19.2 Å². The molecule has 1 aliphatic carbocycles. The largest absolute Gasteiger partial charge is 0.317 e. The van der Waals surface area contributed by atoms with Gasteiger partial charge in [0.2, 0.25) is 0 Å². The Hall–Kier alpha value is -0.0400. The summed E-state index contributed by atoms with van der Waals surface area (Å²) in [5.74, 6) is 1.98. The first kappa shape index (κ1) is 11.0. The van der Waals surface area contributed by atoms with Crippen molar-refractivity contribution in [2.75, 3.05) is 13.1 Å². The van der Waals surface area contributed by atoms with Gasteiger partial charge in [-0.2, -0.15) is 0 Å². The first-order chi connectivity index (χ1) is 6.29. The molecular formula is C12H25N. The van der Waals surface area contributed by atoms with Crippen molar-refractivity contribution in [2.45, 2.75) is 52.4 Å². The van der Waals surface area contributed by atoms with Gasteiger partial charge in [0.1, 0.15) is 0 Å². The second-order valence-corrected chi connectivity index (χ2v) is 4.87.